The molecule has 0 radical (unpaired) electrons. The molecular formula is C14H17F3N2O2. The first-order valence-corrected chi connectivity index (χ1v) is 6.71. The molecule has 1 aromatic rings. The first-order chi connectivity index (χ1) is 9.91. The van der Waals surface area contributed by atoms with E-state index in [-0.39, 0.29) is 24.3 Å². The lowest BCUT2D eigenvalue weighted by Crippen LogP contribution is -2.42. The van der Waals surface area contributed by atoms with Gasteiger partial charge in [0.05, 0.1) is 5.56 Å². The van der Waals surface area contributed by atoms with Crippen molar-refractivity contribution < 1.29 is 22.7 Å². The van der Waals surface area contributed by atoms with Crippen LogP contribution in [0.5, 0.6) is 5.75 Å². The summed E-state index contributed by atoms with van der Waals surface area (Å²) >= 11 is 0. The van der Waals surface area contributed by atoms with E-state index in [1.54, 1.807) is 4.90 Å². The monoisotopic (exact) mass is 302 g/mol. The van der Waals surface area contributed by atoms with Crippen molar-refractivity contribution in [3.05, 3.63) is 29.8 Å². The van der Waals surface area contributed by atoms with Crippen LogP contribution >= 0.6 is 0 Å². The van der Waals surface area contributed by atoms with Gasteiger partial charge < -0.3 is 15.4 Å². The van der Waals surface area contributed by atoms with E-state index in [0.29, 0.717) is 13.1 Å². The number of carbonyl (C=O) groups is 1. The number of carbonyl (C=O) groups excluding carboxylic acids is 1. The highest BCUT2D eigenvalue weighted by molar-refractivity contribution is 5.78. The van der Waals surface area contributed by atoms with Crippen LogP contribution in [-0.4, -0.2) is 36.5 Å². The second-order valence-corrected chi connectivity index (χ2v) is 4.93. The zero-order chi connectivity index (χ0) is 15.5. The Morgan fingerprint density at radius 2 is 2.19 bits per heavy atom. The third kappa shape index (κ3) is 3.87. The summed E-state index contributed by atoms with van der Waals surface area (Å²) in [4.78, 5) is 13.6. The maximum atomic E-state index is 12.6. The summed E-state index contributed by atoms with van der Waals surface area (Å²) in [5, 5.41) is 0. The molecule has 7 heteroatoms. The van der Waals surface area contributed by atoms with Gasteiger partial charge in [-0.05, 0) is 31.0 Å². The van der Waals surface area contributed by atoms with Gasteiger partial charge in [-0.2, -0.15) is 13.2 Å². The van der Waals surface area contributed by atoms with Crippen molar-refractivity contribution >= 4 is 5.91 Å². The maximum absolute atomic E-state index is 12.6. The molecule has 1 amide bonds. The molecule has 1 aliphatic rings. The van der Waals surface area contributed by atoms with Gasteiger partial charge in [0.25, 0.3) is 5.91 Å². The number of ether oxygens (including phenoxy) is 1. The minimum atomic E-state index is -4.43. The van der Waals surface area contributed by atoms with Crippen molar-refractivity contribution in [2.45, 2.75) is 25.1 Å². The van der Waals surface area contributed by atoms with Crippen molar-refractivity contribution in [3.8, 4) is 5.75 Å². The molecular weight excluding hydrogens is 285 g/mol. The number of nitrogens with two attached hydrogens (primary N) is 1. The minimum absolute atomic E-state index is 0.00242. The van der Waals surface area contributed by atoms with E-state index in [9.17, 15) is 18.0 Å². The quantitative estimate of drug-likeness (QED) is 0.926. The molecule has 116 valence electrons. The summed E-state index contributed by atoms with van der Waals surface area (Å²) in [6.45, 7) is 0.722. The lowest BCUT2D eigenvalue weighted by atomic mass is 10.2. The highest BCUT2D eigenvalue weighted by atomic mass is 19.4. The number of amides is 1. The van der Waals surface area contributed by atoms with Gasteiger partial charge in [-0.25, -0.2) is 0 Å². The minimum Gasteiger partial charge on any atom is -0.484 e. The summed E-state index contributed by atoms with van der Waals surface area (Å²) in [5.41, 5.74) is 4.78. The van der Waals surface area contributed by atoms with Crippen LogP contribution in [0.1, 0.15) is 18.4 Å². The van der Waals surface area contributed by atoms with Crippen molar-refractivity contribution in [2.75, 3.05) is 19.7 Å². The van der Waals surface area contributed by atoms with Crippen molar-refractivity contribution in [3.63, 3.8) is 0 Å². The number of nitrogens with zero attached hydrogens (tertiary/aromatic N) is 1. The van der Waals surface area contributed by atoms with Crippen molar-refractivity contribution in [1.29, 1.82) is 0 Å². The fourth-order valence-corrected chi connectivity index (χ4v) is 2.40. The zero-order valence-electron chi connectivity index (χ0n) is 11.4. The maximum Gasteiger partial charge on any atom is 0.416 e. The summed E-state index contributed by atoms with van der Waals surface area (Å²) in [6.07, 6.45) is -2.69. The second kappa shape index (κ2) is 6.34. The van der Waals surface area contributed by atoms with E-state index < -0.39 is 11.7 Å². The number of alkyl halides is 3. The first kappa shape index (κ1) is 15.6. The van der Waals surface area contributed by atoms with E-state index >= 15 is 0 Å². The molecule has 0 aromatic heterocycles. The predicted molar refractivity (Wildman–Crippen MR) is 70.7 cm³/mol. The molecule has 0 saturated carbocycles. The highest BCUT2D eigenvalue weighted by Crippen LogP contribution is 2.31. The summed E-state index contributed by atoms with van der Waals surface area (Å²) in [6, 6.07) is 4.49. The average Bonchev–Trinajstić information content (AvgIpc) is 2.92. The Morgan fingerprint density at radius 1 is 1.43 bits per heavy atom. The Morgan fingerprint density at radius 3 is 2.86 bits per heavy atom. The highest BCUT2D eigenvalue weighted by Gasteiger charge is 2.31. The molecule has 1 aliphatic heterocycles. The number of benzene rings is 1. The third-order valence-electron chi connectivity index (χ3n) is 3.49. The Kier molecular flexibility index (Phi) is 4.72. The van der Waals surface area contributed by atoms with E-state index in [0.717, 1.165) is 25.0 Å². The number of halogens is 3. The molecule has 1 fully saturated rings. The number of likely N-dealkylation sites (tertiary alicyclic amines) is 1. The van der Waals surface area contributed by atoms with Crippen LogP contribution in [-0.2, 0) is 11.0 Å². The zero-order valence-corrected chi connectivity index (χ0v) is 11.4. The van der Waals surface area contributed by atoms with Crippen LogP contribution in [0.2, 0.25) is 0 Å². The van der Waals surface area contributed by atoms with Gasteiger partial charge in [-0.3, -0.25) is 4.79 Å². The van der Waals surface area contributed by atoms with Gasteiger partial charge in [-0.1, -0.05) is 6.07 Å². The van der Waals surface area contributed by atoms with Crippen LogP contribution in [0.25, 0.3) is 0 Å². The molecule has 2 rings (SSSR count). The number of hydrogen-bond acceptors (Lipinski definition) is 3. The Hall–Kier alpha value is -1.76. The Labute approximate surface area is 120 Å². The van der Waals surface area contributed by atoms with Crippen LogP contribution in [0, 0.1) is 0 Å². The van der Waals surface area contributed by atoms with Gasteiger partial charge in [-0.15, -0.1) is 0 Å². The Bertz CT molecular complexity index is 505. The van der Waals surface area contributed by atoms with Crippen molar-refractivity contribution in [2.24, 2.45) is 5.73 Å². The number of rotatable bonds is 4. The Balaban J connectivity index is 1.95. The molecule has 0 unspecified atom stereocenters. The lowest BCUT2D eigenvalue weighted by molar-refractivity contribution is -0.137. The molecule has 1 aromatic carbocycles. The molecule has 1 atom stereocenters. The fraction of sp³-hybridized carbons (Fsp3) is 0.500. The topological polar surface area (TPSA) is 55.6 Å². The van der Waals surface area contributed by atoms with Crippen molar-refractivity contribution in [1.82, 2.24) is 4.90 Å². The SMILES string of the molecule is NC[C@H]1CCCN1C(=O)COc1cccc(C(F)(F)F)c1. The van der Waals surface area contributed by atoms with Gasteiger partial charge in [0.2, 0.25) is 0 Å². The van der Waals surface area contributed by atoms with E-state index in [1.807, 2.05) is 0 Å². The van der Waals surface area contributed by atoms with Gasteiger partial charge in [0.1, 0.15) is 5.75 Å². The van der Waals surface area contributed by atoms with Gasteiger partial charge in [0, 0.05) is 19.1 Å². The smallest absolute Gasteiger partial charge is 0.416 e. The summed E-state index contributed by atoms with van der Waals surface area (Å²) in [7, 11) is 0. The normalized spacial score (nSPS) is 18.9. The molecule has 0 aliphatic carbocycles. The molecule has 4 nitrogen and oxygen atoms in total. The number of hydrogen-bond donors (Lipinski definition) is 1. The van der Waals surface area contributed by atoms with E-state index in [4.69, 9.17) is 10.5 Å². The molecule has 1 heterocycles. The van der Waals surface area contributed by atoms with E-state index in [1.165, 1.54) is 12.1 Å². The summed E-state index contributed by atoms with van der Waals surface area (Å²) in [5.74, 6) is -0.220. The fourth-order valence-electron chi connectivity index (χ4n) is 2.40. The van der Waals surface area contributed by atoms with Crippen LogP contribution in [0.4, 0.5) is 13.2 Å². The second-order valence-electron chi connectivity index (χ2n) is 4.93. The average molecular weight is 302 g/mol. The van der Waals surface area contributed by atoms with Gasteiger partial charge >= 0.3 is 6.18 Å². The van der Waals surface area contributed by atoms with Crippen LogP contribution in [0.15, 0.2) is 24.3 Å². The van der Waals surface area contributed by atoms with Crippen LogP contribution < -0.4 is 10.5 Å². The van der Waals surface area contributed by atoms with Crippen LogP contribution in [0.3, 0.4) is 0 Å². The molecule has 0 spiro atoms. The molecule has 0 bridgehead atoms. The molecule has 2 N–H and O–H groups in total. The largest absolute Gasteiger partial charge is 0.484 e. The van der Waals surface area contributed by atoms with Gasteiger partial charge in [0.15, 0.2) is 6.61 Å². The molecule has 1 saturated heterocycles. The molecule has 21 heavy (non-hydrogen) atoms. The van der Waals surface area contributed by atoms with E-state index in [2.05, 4.69) is 0 Å². The predicted octanol–water partition coefficient (Wildman–Crippen LogP) is 2.03. The lowest BCUT2D eigenvalue weighted by Gasteiger charge is -2.23. The third-order valence-corrected chi connectivity index (χ3v) is 3.49. The summed E-state index contributed by atoms with van der Waals surface area (Å²) < 4.78 is 42.9. The first-order valence-electron chi connectivity index (χ1n) is 6.71. The standard InChI is InChI=1S/C14H17F3N2O2/c15-14(16,17)10-3-1-5-12(7-10)21-9-13(20)19-6-2-4-11(19)8-18/h1,3,5,7,11H,2,4,6,8-9,18H2/t11-/m1/s1.